The number of para-hydroxylation sites is 1. The predicted molar refractivity (Wildman–Crippen MR) is 100 cm³/mol. The van der Waals surface area contributed by atoms with Crippen LogP contribution in [0.4, 0.5) is 23.0 Å². The van der Waals surface area contributed by atoms with Gasteiger partial charge in [-0.05, 0) is 17.7 Å². The fraction of sp³-hybridized carbons (Fsp3) is 0.0556. The molecule has 1 aromatic heterocycles. The van der Waals surface area contributed by atoms with Crippen molar-refractivity contribution in [2.45, 2.75) is 6.42 Å². The van der Waals surface area contributed by atoms with E-state index < -0.39 is 4.92 Å². The van der Waals surface area contributed by atoms with Gasteiger partial charge in [0.25, 0.3) is 0 Å². The van der Waals surface area contributed by atoms with Crippen molar-refractivity contribution in [3.05, 3.63) is 82.7 Å². The molecular formula is C18H16N6O3. The molecular weight excluding hydrogens is 348 g/mol. The summed E-state index contributed by atoms with van der Waals surface area (Å²) in [7, 11) is 0. The Labute approximate surface area is 154 Å². The van der Waals surface area contributed by atoms with Gasteiger partial charge in [0.2, 0.25) is 17.5 Å². The molecule has 0 bridgehead atoms. The number of nitrogens with one attached hydrogen (secondary N) is 3. The first-order valence-corrected chi connectivity index (χ1v) is 8.03. The predicted octanol–water partition coefficient (Wildman–Crippen LogP) is 2.81. The zero-order valence-corrected chi connectivity index (χ0v) is 14.1. The lowest BCUT2D eigenvalue weighted by Gasteiger charge is -2.11. The highest BCUT2D eigenvalue weighted by molar-refractivity contribution is 5.81. The van der Waals surface area contributed by atoms with E-state index in [0.717, 1.165) is 5.56 Å². The molecule has 0 saturated heterocycles. The van der Waals surface area contributed by atoms with E-state index in [0.29, 0.717) is 5.69 Å². The van der Waals surface area contributed by atoms with Gasteiger partial charge in [-0.25, -0.2) is 9.97 Å². The number of nitrogens with zero attached hydrogens (tertiary/aromatic N) is 3. The Morgan fingerprint density at radius 2 is 1.59 bits per heavy atom. The van der Waals surface area contributed by atoms with Crippen molar-refractivity contribution in [2.24, 2.45) is 0 Å². The largest absolute Gasteiger partial charge is 0.355 e. The van der Waals surface area contributed by atoms with Crippen molar-refractivity contribution in [1.29, 1.82) is 0 Å². The van der Waals surface area contributed by atoms with Crippen molar-refractivity contribution in [3.63, 3.8) is 0 Å². The van der Waals surface area contributed by atoms with Gasteiger partial charge in [0.1, 0.15) is 6.33 Å². The molecule has 9 heteroatoms. The van der Waals surface area contributed by atoms with E-state index >= 15 is 0 Å². The molecule has 0 fully saturated rings. The molecule has 0 spiro atoms. The highest BCUT2D eigenvalue weighted by Gasteiger charge is 2.23. The summed E-state index contributed by atoms with van der Waals surface area (Å²) >= 11 is 0. The van der Waals surface area contributed by atoms with Gasteiger partial charge < -0.3 is 5.32 Å². The van der Waals surface area contributed by atoms with E-state index in [2.05, 4.69) is 26.1 Å². The molecule has 0 saturated carbocycles. The van der Waals surface area contributed by atoms with Crippen LogP contribution in [-0.2, 0) is 11.2 Å². The van der Waals surface area contributed by atoms with Crippen LogP contribution >= 0.6 is 0 Å². The van der Waals surface area contributed by atoms with Crippen LogP contribution in [0.3, 0.4) is 0 Å². The maximum absolute atomic E-state index is 12.0. The van der Waals surface area contributed by atoms with Crippen molar-refractivity contribution in [3.8, 4) is 0 Å². The first kappa shape index (κ1) is 17.8. The second kappa shape index (κ2) is 8.39. The van der Waals surface area contributed by atoms with Gasteiger partial charge in [-0.3, -0.25) is 25.8 Å². The lowest BCUT2D eigenvalue weighted by Crippen LogP contribution is -2.31. The number of hydrazine groups is 1. The molecule has 27 heavy (non-hydrogen) atoms. The monoisotopic (exact) mass is 364 g/mol. The number of hydrogen-bond acceptors (Lipinski definition) is 7. The number of carbonyl (C=O) groups excluding carboxylic acids is 1. The average Bonchev–Trinajstić information content (AvgIpc) is 2.68. The zero-order chi connectivity index (χ0) is 19.1. The molecule has 9 nitrogen and oxygen atoms in total. The normalized spacial score (nSPS) is 10.1. The van der Waals surface area contributed by atoms with Gasteiger partial charge in [-0.15, -0.1) is 0 Å². The van der Waals surface area contributed by atoms with Crippen LogP contribution in [0.2, 0.25) is 0 Å². The summed E-state index contributed by atoms with van der Waals surface area (Å²) in [6.45, 7) is 0. The SMILES string of the molecule is O=C(Cc1ccccc1)NNc1ncnc(Nc2ccccc2)c1[N+](=O)[O-]. The smallest absolute Gasteiger partial charge is 0.334 e. The number of aromatic nitrogens is 2. The molecule has 3 N–H and O–H groups in total. The van der Waals surface area contributed by atoms with Crippen molar-refractivity contribution < 1.29 is 9.72 Å². The molecule has 0 aliphatic rings. The second-order valence-corrected chi connectivity index (χ2v) is 5.50. The second-order valence-electron chi connectivity index (χ2n) is 5.50. The molecule has 3 aromatic rings. The Bertz CT molecular complexity index is 934. The molecule has 0 aliphatic carbocycles. The quantitative estimate of drug-likeness (QED) is 0.435. The Morgan fingerprint density at radius 1 is 0.963 bits per heavy atom. The summed E-state index contributed by atoms with van der Waals surface area (Å²) in [6, 6.07) is 18.0. The zero-order valence-electron chi connectivity index (χ0n) is 14.1. The standard InChI is InChI=1S/C18H16N6O3/c25-15(11-13-7-3-1-4-8-13)22-23-18-16(24(26)27)17(19-12-20-18)21-14-9-5-2-6-10-14/h1-10,12H,11H2,(H,22,25)(H2,19,20,21,23). The number of amides is 1. The third kappa shape index (κ3) is 4.75. The number of benzene rings is 2. The third-order valence-corrected chi connectivity index (χ3v) is 3.57. The van der Waals surface area contributed by atoms with Crippen LogP contribution < -0.4 is 16.2 Å². The first-order chi connectivity index (χ1) is 13.1. The third-order valence-electron chi connectivity index (χ3n) is 3.57. The van der Waals surface area contributed by atoms with Crippen LogP contribution in [0, 0.1) is 10.1 Å². The Balaban J connectivity index is 1.74. The van der Waals surface area contributed by atoms with Gasteiger partial charge in [0.05, 0.1) is 11.3 Å². The van der Waals surface area contributed by atoms with Crippen LogP contribution in [0.25, 0.3) is 0 Å². The van der Waals surface area contributed by atoms with Crippen LogP contribution in [0.1, 0.15) is 5.56 Å². The number of anilines is 3. The number of nitro groups is 1. The van der Waals surface area contributed by atoms with Gasteiger partial charge in [-0.1, -0.05) is 48.5 Å². The Kier molecular flexibility index (Phi) is 5.53. The van der Waals surface area contributed by atoms with E-state index in [1.165, 1.54) is 6.33 Å². The molecule has 2 aromatic carbocycles. The van der Waals surface area contributed by atoms with Gasteiger partial charge in [0.15, 0.2) is 0 Å². The number of carbonyl (C=O) groups is 1. The molecule has 0 atom stereocenters. The molecule has 1 amide bonds. The summed E-state index contributed by atoms with van der Waals surface area (Å²) < 4.78 is 0. The highest BCUT2D eigenvalue weighted by atomic mass is 16.6. The fourth-order valence-electron chi connectivity index (χ4n) is 2.35. The Hall–Kier alpha value is -4.01. The number of hydrogen-bond donors (Lipinski definition) is 3. The molecule has 1 heterocycles. The Morgan fingerprint density at radius 3 is 2.26 bits per heavy atom. The van der Waals surface area contributed by atoms with Crippen molar-refractivity contribution in [1.82, 2.24) is 15.4 Å². The first-order valence-electron chi connectivity index (χ1n) is 8.03. The minimum absolute atomic E-state index is 0.0148. The summed E-state index contributed by atoms with van der Waals surface area (Å²) in [5.74, 6) is -0.456. The summed E-state index contributed by atoms with van der Waals surface area (Å²) in [4.78, 5) is 30.7. The summed E-state index contributed by atoms with van der Waals surface area (Å²) in [5.41, 5.74) is 6.01. The minimum Gasteiger partial charge on any atom is -0.334 e. The lowest BCUT2D eigenvalue weighted by molar-refractivity contribution is -0.383. The van der Waals surface area contributed by atoms with Crippen molar-refractivity contribution in [2.75, 3.05) is 10.7 Å². The van der Waals surface area contributed by atoms with Crippen LogP contribution in [0.15, 0.2) is 67.0 Å². The fourth-order valence-corrected chi connectivity index (χ4v) is 2.35. The molecule has 3 rings (SSSR count). The molecule has 0 radical (unpaired) electrons. The molecule has 0 unspecified atom stereocenters. The maximum Gasteiger partial charge on any atom is 0.355 e. The minimum atomic E-state index is -0.614. The topological polar surface area (TPSA) is 122 Å². The lowest BCUT2D eigenvalue weighted by atomic mass is 10.1. The van der Waals surface area contributed by atoms with E-state index in [4.69, 9.17) is 0 Å². The average molecular weight is 364 g/mol. The van der Waals surface area contributed by atoms with Gasteiger partial charge >= 0.3 is 5.69 Å². The summed E-state index contributed by atoms with van der Waals surface area (Å²) in [5, 5.41) is 14.4. The molecule has 136 valence electrons. The maximum atomic E-state index is 12.0. The molecule has 0 aliphatic heterocycles. The van der Waals surface area contributed by atoms with Crippen LogP contribution in [0.5, 0.6) is 0 Å². The van der Waals surface area contributed by atoms with E-state index in [1.807, 2.05) is 36.4 Å². The van der Waals surface area contributed by atoms with E-state index in [9.17, 15) is 14.9 Å². The van der Waals surface area contributed by atoms with Crippen LogP contribution in [-0.4, -0.2) is 20.8 Å². The number of rotatable bonds is 7. The van der Waals surface area contributed by atoms with E-state index in [1.54, 1.807) is 24.3 Å². The van der Waals surface area contributed by atoms with Gasteiger partial charge in [0, 0.05) is 5.69 Å². The van der Waals surface area contributed by atoms with Gasteiger partial charge in [-0.2, -0.15) is 0 Å². The summed E-state index contributed by atoms with van der Waals surface area (Å²) in [6.07, 6.45) is 1.30. The van der Waals surface area contributed by atoms with Crippen molar-refractivity contribution >= 4 is 28.9 Å². The van der Waals surface area contributed by atoms with E-state index in [-0.39, 0.29) is 29.7 Å². The highest BCUT2D eigenvalue weighted by Crippen LogP contribution is 2.30.